The molecular formula is C35H40FNO5. The third kappa shape index (κ3) is 5.31. The molecule has 1 N–H and O–H groups in total. The minimum absolute atomic E-state index is 0.0752. The largest absolute Gasteiger partial charge is 0.490 e. The standard InChI is InChI=1S/C35H40FNO5/c1-18-12-19(2)14-23(13-18)33(38)37-16-26-21(4)29(25-15-28(36)31-24(20(25)3)10-9-11-41-31)30(22(5)27(26)17-37)32(34(39)40)42-35(6,7)8/h12-15,32H,9-11,16-17H2,1-8H3,(H,39,40)/t32-/m0/s1. The highest BCUT2D eigenvalue weighted by Gasteiger charge is 2.37. The molecule has 0 bridgehead atoms. The summed E-state index contributed by atoms with van der Waals surface area (Å²) in [6, 6.07) is 7.30. The zero-order valence-electron chi connectivity index (χ0n) is 25.8. The molecule has 0 radical (unpaired) electrons. The lowest BCUT2D eigenvalue weighted by atomic mass is 9.81. The third-order valence-corrected chi connectivity index (χ3v) is 8.44. The highest BCUT2D eigenvalue weighted by molar-refractivity contribution is 5.95. The van der Waals surface area contributed by atoms with E-state index in [0.29, 0.717) is 48.4 Å². The van der Waals surface area contributed by atoms with Crippen molar-refractivity contribution >= 4 is 11.9 Å². The normalized spacial score (nSPS) is 15.2. The third-order valence-electron chi connectivity index (χ3n) is 8.44. The van der Waals surface area contributed by atoms with Crippen molar-refractivity contribution in [2.24, 2.45) is 0 Å². The van der Waals surface area contributed by atoms with E-state index in [1.165, 1.54) is 6.07 Å². The van der Waals surface area contributed by atoms with Crippen molar-refractivity contribution < 1.29 is 28.6 Å². The SMILES string of the molecule is Cc1cc(C)cc(C(=O)N2Cc3c(C)c(-c4cc(F)c5c(c4C)CCCO5)c([C@H](OC(C)(C)C)C(=O)O)c(C)c3C2)c1. The predicted molar refractivity (Wildman–Crippen MR) is 161 cm³/mol. The summed E-state index contributed by atoms with van der Waals surface area (Å²) in [6.45, 7) is 16.4. The number of carbonyl (C=O) groups is 2. The van der Waals surface area contributed by atoms with Gasteiger partial charge < -0.3 is 19.5 Å². The summed E-state index contributed by atoms with van der Waals surface area (Å²) in [6.07, 6.45) is 0.179. The van der Waals surface area contributed by atoms with Crippen LogP contribution in [0.4, 0.5) is 4.39 Å². The zero-order chi connectivity index (χ0) is 30.7. The Balaban J connectivity index is 1.74. The quantitative estimate of drug-likeness (QED) is 0.343. The molecule has 5 rings (SSSR count). The number of hydrogen-bond acceptors (Lipinski definition) is 4. The molecule has 2 aliphatic heterocycles. The van der Waals surface area contributed by atoms with Gasteiger partial charge in [-0.15, -0.1) is 0 Å². The van der Waals surface area contributed by atoms with E-state index in [2.05, 4.69) is 0 Å². The van der Waals surface area contributed by atoms with E-state index in [1.807, 2.05) is 73.6 Å². The van der Waals surface area contributed by atoms with E-state index >= 15 is 4.39 Å². The first-order valence-electron chi connectivity index (χ1n) is 14.6. The lowest BCUT2D eigenvalue weighted by Crippen LogP contribution is -2.29. The second kappa shape index (κ2) is 10.8. The number of benzene rings is 3. The molecule has 2 aliphatic rings. The average Bonchev–Trinajstić information content (AvgIpc) is 3.36. The fraction of sp³-hybridized carbons (Fsp3) is 0.429. The number of halogens is 1. The van der Waals surface area contributed by atoms with Gasteiger partial charge in [0.15, 0.2) is 17.7 Å². The van der Waals surface area contributed by atoms with Gasteiger partial charge in [0.25, 0.3) is 5.91 Å². The molecule has 0 saturated carbocycles. The monoisotopic (exact) mass is 573 g/mol. The summed E-state index contributed by atoms with van der Waals surface area (Å²) >= 11 is 0. The van der Waals surface area contributed by atoms with Crippen LogP contribution in [0, 0.1) is 40.4 Å². The first kappa shape index (κ1) is 29.8. The highest BCUT2D eigenvalue weighted by Crippen LogP contribution is 2.47. The molecule has 0 fully saturated rings. The van der Waals surface area contributed by atoms with Crippen LogP contribution >= 0.6 is 0 Å². The van der Waals surface area contributed by atoms with E-state index in [4.69, 9.17) is 9.47 Å². The van der Waals surface area contributed by atoms with Gasteiger partial charge in [0.05, 0.1) is 12.2 Å². The first-order valence-corrected chi connectivity index (χ1v) is 14.6. The number of ether oxygens (including phenoxy) is 2. The van der Waals surface area contributed by atoms with E-state index in [0.717, 1.165) is 50.9 Å². The molecule has 0 aliphatic carbocycles. The molecule has 42 heavy (non-hydrogen) atoms. The van der Waals surface area contributed by atoms with Gasteiger partial charge in [0, 0.05) is 29.8 Å². The Morgan fingerprint density at radius 2 is 1.55 bits per heavy atom. The smallest absolute Gasteiger partial charge is 0.337 e. The molecular weight excluding hydrogens is 533 g/mol. The Kier molecular flexibility index (Phi) is 7.69. The number of amides is 1. The van der Waals surface area contributed by atoms with Gasteiger partial charge in [-0.1, -0.05) is 17.2 Å². The molecule has 1 amide bonds. The second-order valence-corrected chi connectivity index (χ2v) is 12.8. The Morgan fingerprint density at radius 1 is 0.929 bits per heavy atom. The lowest BCUT2D eigenvalue weighted by Gasteiger charge is -2.31. The van der Waals surface area contributed by atoms with Gasteiger partial charge in [-0.2, -0.15) is 0 Å². The van der Waals surface area contributed by atoms with E-state index in [1.54, 1.807) is 4.90 Å². The fourth-order valence-electron chi connectivity index (χ4n) is 6.62. The summed E-state index contributed by atoms with van der Waals surface area (Å²) in [5.41, 5.74) is 8.89. The molecule has 7 heteroatoms. The van der Waals surface area contributed by atoms with Gasteiger partial charge in [-0.05, 0) is 125 Å². The highest BCUT2D eigenvalue weighted by atomic mass is 19.1. The maximum atomic E-state index is 15.6. The Labute approximate surface area is 247 Å². The van der Waals surface area contributed by atoms with Crippen LogP contribution < -0.4 is 4.74 Å². The van der Waals surface area contributed by atoms with Crippen molar-refractivity contribution in [2.45, 2.75) is 93.0 Å². The van der Waals surface area contributed by atoms with Crippen molar-refractivity contribution in [3.63, 3.8) is 0 Å². The maximum absolute atomic E-state index is 15.6. The number of rotatable bonds is 5. The van der Waals surface area contributed by atoms with Crippen molar-refractivity contribution in [3.8, 4) is 16.9 Å². The van der Waals surface area contributed by atoms with Crippen LogP contribution in [-0.2, 0) is 29.0 Å². The van der Waals surface area contributed by atoms with Gasteiger partial charge in [-0.3, -0.25) is 4.79 Å². The molecule has 0 saturated heterocycles. The number of nitrogens with zero attached hydrogens (tertiary/aromatic N) is 1. The summed E-state index contributed by atoms with van der Waals surface area (Å²) in [5.74, 6) is -1.36. The fourth-order valence-corrected chi connectivity index (χ4v) is 6.62. The molecule has 0 aromatic heterocycles. The van der Waals surface area contributed by atoms with Gasteiger partial charge in [-0.25, -0.2) is 9.18 Å². The number of fused-ring (bicyclic) bond motifs is 2. The number of carboxylic acids is 1. The van der Waals surface area contributed by atoms with E-state index in [9.17, 15) is 14.7 Å². The van der Waals surface area contributed by atoms with Gasteiger partial charge >= 0.3 is 5.97 Å². The van der Waals surface area contributed by atoms with Crippen molar-refractivity contribution in [1.29, 1.82) is 0 Å². The molecule has 1 atom stereocenters. The summed E-state index contributed by atoms with van der Waals surface area (Å²) in [5, 5.41) is 10.5. The van der Waals surface area contributed by atoms with Crippen molar-refractivity contribution in [2.75, 3.05) is 6.61 Å². The van der Waals surface area contributed by atoms with Crippen LogP contribution in [0.1, 0.15) is 93.7 Å². The van der Waals surface area contributed by atoms with Gasteiger partial charge in [0.1, 0.15) is 0 Å². The number of aliphatic carboxylic acids is 1. The molecule has 3 aromatic rings. The van der Waals surface area contributed by atoms with Crippen LogP contribution in [-0.4, -0.2) is 34.1 Å². The summed E-state index contributed by atoms with van der Waals surface area (Å²) < 4.78 is 27.5. The first-order chi connectivity index (χ1) is 19.7. The molecule has 2 heterocycles. The second-order valence-electron chi connectivity index (χ2n) is 12.8. The van der Waals surface area contributed by atoms with Crippen LogP contribution in [0.25, 0.3) is 11.1 Å². The predicted octanol–water partition coefficient (Wildman–Crippen LogP) is 7.46. The van der Waals surface area contributed by atoms with Crippen LogP contribution in [0.3, 0.4) is 0 Å². The number of carbonyl (C=O) groups excluding carboxylic acids is 1. The lowest BCUT2D eigenvalue weighted by molar-refractivity contribution is -0.160. The van der Waals surface area contributed by atoms with E-state index < -0.39 is 23.5 Å². The Hall–Kier alpha value is -3.71. The minimum atomic E-state index is -1.29. The van der Waals surface area contributed by atoms with Crippen molar-refractivity contribution in [1.82, 2.24) is 4.90 Å². The zero-order valence-corrected chi connectivity index (χ0v) is 25.8. The summed E-state index contributed by atoms with van der Waals surface area (Å²) in [4.78, 5) is 28.4. The number of aryl methyl sites for hydroxylation is 2. The maximum Gasteiger partial charge on any atom is 0.337 e. The van der Waals surface area contributed by atoms with E-state index in [-0.39, 0.29) is 11.7 Å². The molecule has 3 aromatic carbocycles. The molecule has 0 spiro atoms. The topological polar surface area (TPSA) is 76.1 Å². The minimum Gasteiger partial charge on any atom is -0.490 e. The Morgan fingerprint density at radius 3 is 2.14 bits per heavy atom. The number of carboxylic acid groups (broad SMARTS) is 1. The summed E-state index contributed by atoms with van der Waals surface area (Å²) in [7, 11) is 0. The molecule has 0 unspecified atom stereocenters. The van der Waals surface area contributed by atoms with Crippen LogP contribution in [0.2, 0.25) is 0 Å². The van der Waals surface area contributed by atoms with Crippen LogP contribution in [0.15, 0.2) is 24.3 Å². The van der Waals surface area contributed by atoms with Crippen molar-refractivity contribution in [3.05, 3.63) is 85.7 Å². The Bertz CT molecular complexity index is 1600. The molecule has 6 nitrogen and oxygen atoms in total. The molecule has 222 valence electrons. The van der Waals surface area contributed by atoms with Gasteiger partial charge in [0.2, 0.25) is 0 Å². The number of hydrogen-bond donors (Lipinski definition) is 1. The van der Waals surface area contributed by atoms with Crippen LogP contribution in [0.5, 0.6) is 5.75 Å². The average molecular weight is 574 g/mol.